The SMILES string of the molecule is CCCC[C@@H](CC(=O)OC(C)(C)C)Nc1nc(N)nc(C)c1Cc1cc(C(=O)NCCCP(C)(C)=O)ccc1OC. The summed E-state index contributed by atoms with van der Waals surface area (Å²) < 4.78 is 23.1. The quantitative estimate of drug-likeness (QED) is 0.141. The molecule has 11 heteroatoms. The number of aromatic nitrogens is 2. The average Bonchev–Trinajstić information content (AvgIpc) is 2.85. The summed E-state index contributed by atoms with van der Waals surface area (Å²) in [5.74, 6) is 0.797. The predicted octanol–water partition coefficient (Wildman–Crippen LogP) is 5.41. The average molecular weight is 590 g/mol. The monoisotopic (exact) mass is 589 g/mol. The third-order valence-corrected chi connectivity index (χ3v) is 7.77. The van der Waals surface area contributed by atoms with E-state index in [1.165, 1.54) is 0 Å². The number of nitrogen functional groups attached to an aromatic ring is 1. The lowest BCUT2D eigenvalue weighted by Gasteiger charge is -2.24. The fraction of sp³-hybridized carbons (Fsp3) is 0.600. The van der Waals surface area contributed by atoms with Gasteiger partial charge < -0.3 is 30.4 Å². The highest BCUT2D eigenvalue weighted by molar-refractivity contribution is 7.62. The van der Waals surface area contributed by atoms with Crippen molar-refractivity contribution >= 4 is 30.8 Å². The van der Waals surface area contributed by atoms with Crippen LogP contribution in [-0.2, 0) is 20.5 Å². The van der Waals surface area contributed by atoms with Gasteiger partial charge in [-0.05, 0) is 77.6 Å². The molecule has 0 fully saturated rings. The number of aryl methyl sites for hydroxylation is 1. The summed E-state index contributed by atoms with van der Waals surface area (Å²) in [4.78, 5) is 34.4. The molecule has 41 heavy (non-hydrogen) atoms. The van der Waals surface area contributed by atoms with E-state index in [-0.39, 0.29) is 30.3 Å². The highest BCUT2D eigenvalue weighted by Crippen LogP contribution is 2.36. The van der Waals surface area contributed by atoms with Gasteiger partial charge in [0.05, 0.1) is 20.7 Å². The first-order valence-corrected chi connectivity index (χ1v) is 17.0. The van der Waals surface area contributed by atoms with Crippen molar-refractivity contribution in [2.75, 3.05) is 44.2 Å². The molecule has 0 aliphatic rings. The summed E-state index contributed by atoms with van der Waals surface area (Å²) in [6.45, 7) is 13.5. The third kappa shape index (κ3) is 12.1. The minimum Gasteiger partial charge on any atom is -0.496 e. The number of methoxy groups -OCH3 is 1. The maximum Gasteiger partial charge on any atom is 0.308 e. The Kier molecular flexibility index (Phi) is 12.6. The lowest BCUT2D eigenvalue weighted by Crippen LogP contribution is -2.30. The first-order chi connectivity index (χ1) is 19.1. The number of benzene rings is 1. The van der Waals surface area contributed by atoms with Gasteiger partial charge >= 0.3 is 5.97 Å². The molecule has 0 bridgehead atoms. The second kappa shape index (κ2) is 15.2. The fourth-order valence-corrected chi connectivity index (χ4v) is 5.33. The lowest BCUT2D eigenvalue weighted by molar-refractivity contribution is -0.155. The molecule has 228 valence electrons. The Hall–Kier alpha value is -3.13. The molecule has 1 atom stereocenters. The van der Waals surface area contributed by atoms with Crippen LogP contribution in [0.2, 0.25) is 0 Å². The maximum absolute atomic E-state index is 12.9. The van der Waals surface area contributed by atoms with Crippen molar-refractivity contribution in [3.63, 3.8) is 0 Å². The van der Waals surface area contributed by atoms with Crippen LogP contribution in [0.3, 0.4) is 0 Å². The van der Waals surface area contributed by atoms with Gasteiger partial charge in [-0.1, -0.05) is 19.8 Å². The molecule has 0 aliphatic heterocycles. The van der Waals surface area contributed by atoms with Crippen LogP contribution in [0.25, 0.3) is 0 Å². The van der Waals surface area contributed by atoms with Crippen molar-refractivity contribution < 1.29 is 23.6 Å². The van der Waals surface area contributed by atoms with E-state index in [1.54, 1.807) is 38.6 Å². The molecule has 1 heterocycles. The molecule has 0 saturated carbocycles. The van der Waals surface area contributed by atoms with Crippen molar-refractivity contribution in [3.8, 4) is 5.75 Å². The third-order valence-electron chi connectivity index (χ3n) is 6.38. The van der Waals surface area contributed by atoms with Crippen LogP contribution in [0.4, 0.5) is 11.8 Å². The van der Waals surface area contributed by atoms with E-state index in [2.05, 4.69) is 27.5 Å². The first kappa shape index (κ1) is 34.1. The standard InChI is InChI=1S/C30H48N5O5P/c1-9-10-12-23(19-26(36)40-30(3,4)5)34-27-24(20(2)33-29(31)35-27)18-22-17-21(13-14-25(22)39-6)28(37)32-15-11-16-41(7,8)38/h13-14,17,23H,9-12,15-16,18-19H2,1-8H3,(H,32,37)(H3,31,33,34,35)/t23-/m0/s1. The molecular weight excluding hydrogens is 541 g/mol. The van der Waals surface area contributed by atoms with E-state index < -0.39 is 12.7 Å². The predicted molar refractivity (Wildman–Crippen MR) is 166 cm³/mol. The number of esters is 1. The van der Waals surface area contributed by atoms with Gasteiger partial charge in [0.1, 0.15) is 17.2 Å². The van der Waals surface area contributed by atoms with Gasteiger partial charge in [-0.15, -0.1) is 0 Å². The Balaban J connectivity index is 2.33. The number of hydrogen-bond donors (Lipinski definition) is 3. The number of nitrogens with one attached hydrogen (secondary N) is 2. The van der Waals surface area contributed by atoms with Gasteiger partial charge in [-0.2, -0.15) is 4.98 Å². The van der Waals surface area contributed by atoms with Crippen LogP contribution >= 0.6 is 7.14 Å². The Morgan fingerprint density at radius 3 is 2.46 bits per heavy atom. The number of anilines is 2. The topological polar surface area (TPSA) is 146 Å². The van der Waals surface area contributed by atoms with Crippen molar-refractivity contribution in [1.82, 2.24) is 15.3 Å². The van der Waals surface area contributed by atoms with Gasteiger partial charge in [0.2, 0.25) is 5.95 Å². The lowest BCUT2D eigenvalue weighted by atomic mass is 9.99. The zero-order chi connectivity index (χ0) is 30.8. The molecule has 2 aromatic rings. The molecule has 1 amide bonds. The van der Waals surface area contributed by atoms with Gasteiger partial charge in [0.25, 0.3) is 5.91 Å². The number of carbonyl (C=O) groups excluding carboxylic acids is 2. The number of amides is 1. The molecule has 10 nitrogen and oxygen atoms in total. The Bertz CT molecular complexity index is 1240. The van der Waals surface area contributed by atoms with Crippen molar-refractivity contribution in [1.29, 1.82) is 0 Å². The molecule has 0 saturated heterocycles. The zero-order valence-electron chi connectivity index (χ0n) is 25.9. The van der Waals surface area contributed by atoms with Gasteiger partial charge in [0.15, 0.2) is 0 Å². The number of carbonyl (C=O) groups is 2. The van der Waals surface area contributed by atoms with Crippen LogP contribution in [0, 0.1) is 6.92 Å². The summed E-state index contributed by atoms with van der Waals surface area (Å²) in [5, 5.41) is 6.36. The van der Waals surface area contributed by atoms with E-state index in [9.17, 15) is 14.2 Å². The highest BCUT2D eigenvalue weighted by atomic mass is 31.2. The van der Waals surface area contributed by atoms with Gasteiger partial charge in [0, 0.05) is 42.0 Å². The molecule has 1 aromatic heterocycles. The van der Waals surface area contributed by atoms with Gasteiger partial charge in [-0.25, -0.2) is 4.98 Å². The van der Waals surface area contributed by atoms with E-state index in [1.807, 2.05) is 27.7 Å². The number of ether oxygens (including phenoxy) is 2. The molecule has 1 aromatic carbocycles. The molecule has 2 rings (SSSR count). The molecular formula is C30H48N5O5P. The zero-order valence-corrected chi connectivity index (χ0v) is 26.8. The Labute approximate surface area is 245 Å². The smallest absolute Gasteiger partial charge is 0.308 e. The number of nitrogens with two attached hydrogens (primary N) is 1. The van der Waals surface area contributed by atoms with E-state index in [4.69, 9.17) is 15.2 Å². The van der Waals surface area contributed by atoms with Crippen LogP contribution in [0.5, 0.6) is 5.75 Å². The van der Waals surface area contributed by atoms with E-state index in [0.717, 1.165) is 30.4 Å². The van der Waals surface area contributed by atoms with Crippen molar-refractivity contribution in [2.24, 2.45) is 0 Å². The molecule has 0 unspecified atom stereocenters. The number of nitrogens with zero attached hydrogens (tertiary/aromatic N) is 2. The van der Waals surface area contributed by atoms with Crippen LogP contribution in [0.15, 0.2) is 18.2 Å². The van der Waals surface area contributed by atoms with E-state index in [0.29, 0.717) is 48.4 Å². The van der Waals surface area contributed by atoms with Crippen LogP contribution < -0.4 is 21.1 Å². The molecule has 0 spiro atoms. The second-order valence-electron chi connectivity index (χ2n) is 11.9. The number of rotatable bonds is 15. The van der Waals surface area contributed by atoms with Gasteiger partial charge in [-0.3, -0.25) is 9.59 Å². The summed E-state index contributed by atoms with van der Waals surface area (Å²) in [5.41, 5.74) is 8.22. The first-order valence-electron chi connectivity index (χ1n) is 14.2. The fourth-order valence-electron chi connectivity index (χ4n) is 4.41. The number of unbranched alkanes of at least 4 members (excludes halogenated alkanes) is 1. The van der Waals surface area contributed by atoms with Crippen LogP contribution in [-0.4, -0.2) is 66.6 Å². The molecule has 0 radical (unpaired) electrons. The molecule has 0 aliphatic carbocycles. The molecule has 4 N–H and O–H groups in total. The minimum absolute atomic E-state index is 0.129. The largest absolute Gasteiger partial charge is 0.496 e. The summed E-state index contributed by atoms with van der Waals surface area (Å²) in [6.07, 6.45) is 4.45. The second-order valence-corrected chi connectivity index (χ2v) is 15.5. The maximum atomic E-state index is 12.9. The van der Waals surface area contributed by atoms with Crippen LogP contribution in [0.1, 0.15) is 87.0 Å². The summed E-state index contributed by atoms with van der Waals surface area (Å²) in [6, 6.07) is 5.07. The number of hydrogen-bond acceptors (Lipinski definition) is 9. The normalized spacial score (nSPS) is 12.5. The van der Waals surface area contributed by atoms with Crippen molar-refractivity contribution in [3.05, 3.63) is 40.6 Å². The van der Waals surface area contributed by atoms with E-state index >= 15 is 0 Å². The Morgan fingerprint density at radius 1 is 1.15 bits per heavy atom. The Morgan fingerprint density at radius 2 is 1.85 bits per heavy atom. The summed E-state index contributed by atoms with van der Waals surface area (Å²) >= 11 is 0. The highest BCUT2D eigenvalue weighted by Gasteiger charge is 2.23. The van der Waals surface area contributed by atoms with Crippen molar-refractivity contribution in [2.45, 2.75) is 84.8 Å². The minimum atomic E-state index is -2.12. The summed E-state index contributed by atoms with van der Waals surface area (Å²) in [7, 11) is -0.540.